The number of allylic oxidation sites excluding steroid dienone is 1. The van der Waals surface area contributed by atoms with Gasteiger partial charge < -0.3 is 0 Å². The molecule has 0 nitrogen and oxygen atoms in total. The van der Waals surface area contributed by atoms with Gasteiger partial charge in [-0.15, -0.1) is 5.73 Å². The number of hydrogen-bond donors (Lipinski definition) is 0. The summed E-state index contributed by atoms with van der Waals surface area (Å²) in [6, 6.07) is 10.1. The molecular formula is C10H9Br. The van der Waals surface area contributed by atoms with E-state index in [1.54, 1.807) is 0 Å². The lowest BCUT2D eigenvalue weighted by Gasteiger charge is -1.98. The summed E-state index contributed by atoms with van der Waals surface area (Å²) in [5.41, 5.74) is 5.17. The zero-order chi connectivity index (χ0) is 8.10. The third kappa shape index (κ3) is 2.07. The second kappa shape index (κ2) is 4.17. The molecule has 11 heavy (non-hydrogen) atoms. The van der Waals surface area contributed by atoms with Crippen molar-refractivity contribution in [3.05, 3.63) is 48.2 Å². The molecule has 0 aliphatic carbocycles. The normalized spacial score (nSPS) is 8.82. The highest BCUT2D eigenvalue weighted by molar-refractivity contribution is 9.09. The first kappa shape index (κ1) is 8.32. The molecule has 0 aliphatic heterocycles. The summed E-state index contributed by atoms with van der Waals surface area (Å²) < 4.78 is 0. The topological polar surface area (TPSA) is 0 Å². The lowest BCUT2D eigenvalue weighted by Crippen LogP contribution is -1.81. The summed E-state index contributed by atoms with van der Waals surface area (Å²) in [5, 5.41) is 0.806. The van der Waals surface area contributed by atoms with Gasteiger partial charge in [0.25, 0.3) is 0 Å². The highest BCUT2D eigenvalue weighted by Gasteiger charge is 1.94. The second-order valence-electron chi connectivity index (χ2n) is 2.15. The van der Waals surface area contributed by atoms with Crippen molar-refractivity contribution in [2.45, 2.75) is 0 Å². The first-order chi connectivity index (χ1) is 5.38. The molecule has 0 fully saturated rings. The van der Waals surface area contributed by atoms with Gasteiger partial charge >= 0.3 is 0 Å². The van der Waals surface area contributed by atoms with Crippen LogP contribution in [0.15, 0.2) is 42.6 Å². The molecule has 0 aliphatic rings. The van der Waals surface area contributed by atoms with Crippen LogP contribution in [-0.2, 0) is 0 Å². The molecule has 0 spiro atoms. The molecule has 0 unspecified atom stereocenters. The largest absolute Gasteiger partial charge is 0.124 e. The molecule has 1 aromatic carbocycles. The van der Waals surface area contributed by atoms with E-state index in [0.717, 1.165) is 10.9 Å². The van der Waals surface area contributed by atoms with E-state index in [0.29, 0.717) is 0 Å². The molecular weight excluding hydrogens is 200 g/mol. The maximum absolute atomic E-state index is 3.62. The molecule has 0 aromatic heterocycles. The van der Waals surface area contributed by atoms with Crippen molar-refractivity contribution in [2.75, 3.05) is 5.33 Å². The van der Waals surface area contributed by atoms with Crippen molar-refractivity contribution in [3.8, 4) is 0 Å². The van der Waals surface area contributed by atoms with Crippen molar-refractivity contribution in [1.82, 2.24) is 0 Å². The van der Waals surface area contributed by atoms with Crippen LogP contribution in [0.25, 0.3) is 5.57 Å². The molecule has 1 rings (SSSR count). The van der Waals surface area contributed by atoms with E-state index in [9.17, 15) is 0 Å². The van der Waals surface area contributed by atoms with Gasteiger partial charge in [0, 0.05) is 10.9 Å². The van der Waals surface area contributed by atoms with Crippen LogP contribution in [-0.4, -0.2) is 5.33 Å². The van der Waals surface area contributed by atoms with Gasteiger partial charge in [-0.2, -0.15) is 0 Å². The fourth-order valence-electron chi connectivity index (χ4n) is 0.866. The van der Waals surface area contributed by atoms with E-state index in [4.69, 9.17) is 0 Å². The predicted octanol–water partition coefficient (Wildman–Crippen LogP) is 3.25. The summed E-state index contributed by atoms with van der Waals surface area (Å²) in [6.45, 7) is 3.62. The minimum Gasteiger partial charge on any atom is -0.124 e. The Morgan fingerprint density at radius 3 is 2.45 bits per heavy atom. The van der Waals surface area contributed by atoms with Gasteiger partial charge in [0.1, 0.15) is 0 Å². The van der Waals surface area contributed by atoms with E-state index in [-0.39, 0.29) is 0 Å². The van der Waals surface area contributed by atoms with E-state index >= 15 is 0 Å². The van der Waals surface area contributed by atoms with Gasteiger partial charge in [-0.1, -0.05) is 52.8 Å². The van der Waals surface area contributed by atoms with Crippen molar-refractivity contribution in [3.63, 3.8) is 0 Å². The molecule has 0 radical (unpaired) electrons. The van der Waals surface area contributed by atoms with Gasteiger partial charge in [0.05, 0.1) is 0 Å². The van der Waals surface area contributed by atoms with E-state index in [2.05, 4.69) is 40.4 Å². The summed E-state index contributed by atoms with van der Waals surface area (Å²) >= 11 is 3.37. The van der Waals surface area contributed by atoms with E-state index in [1.807, 2.05) is 18.2 Å². The van der Waals surface area contributed by atoms with Crippen LogP contribution in [0.1, 0.15) is 5.56 Å². The van der Waals surface area contributed by atoms with Crippen molar-refractivity contribution >= 4 is 21.5 Å². The number of rotatable bonds is 2. The fraction of sp³-hybridized carbons (Fsp3) is 0.100. The van der Waals surface area contributed by atoms with Gasteiger partial charge in [0.2, 0.25) is 0 Å². The third-order valence-electron chi connectivity index (χ3n) is 1.47. The number of benzene rings is 1. The standard InChI is InChI=1S/C10H9Br/c1-2-9(8-11)10-6-4-3-5-7-10/h3-7H,1,8H2. The monoisotopic (exact) mass is 208 g/mol. The molecule has 0 bridgehead atoms. The van der Waals surface area contributed by atoms with Crippen LogP contribution in [0.5, 0.6) is 0 Å². The molecule has 0 amide bonds. The Bertz CT molecular complexity index is 268. The smallest absolute Gasteiger partial charge is 0.0362 e. The fourth-order valence-corrected chi connectivity index (χ4v) is 1.39. The lowest BCUT2D eigenvalue weighted by molar-refractivity contribution is 1.59. The summed E-state index contributed by atoms with van der Waals surface area (Å²) in [6.07, 6.45) is 0. The maximum atomic E-state index is 3.62. The quantitative estimate of drug-likeness (QED) is 0.518. The molecule has 0 saturated carbocycles. The highest BCUT2D eigenvalue weighted by Crippen LogP contribution is 2.13. The highest BCUT2D eigenvalue weighted by atomic mass is 79.9. The Morgan fingerprint density at radius 2 is 2.00 bits per heavy atom. The van der Waals surface area contributed by atoms with Crippen LogP contribution in [0.4, 0.5) is 0 Å². The Kier molecular flexibility index (Phi) is 3.15. The predicted molar refractivity (Wildman–Crippen MR) is 52.8 cm³/mol. The van der Waals surface area contributed by atoms with Crippen LogP contribution in [0.3, 0.4) is 0 Å². The second-order valence-corrected chi connectivity index (χ2v) is 2.72. The molecule has 56 valence electrons. The number of alkyl halides is 1. The molecule has 0 saturated heterocycles. The maximum Gasteiger partial charge on any atom is 0.0362 e. The van der Waals surface area contributed by atoms with Gasteiger partial charge in [0.15, 0.2) is 0 Å². The average molecular weight is 209 g/mol. The minimum absolute atomic E-state index is 0.806. The van der Waals surface area contributed by atoms with Crippen LogP contribution < -0.4 is 0 Å². The minimum atomic E-state index is 0.806. The Hall–Kier alpha value is -0.780. The third-order valence-corrected chi connectivity index (χ3v) is 2.03. The zero-order valence-corrected chi connectivity index (χ0v) is 7.76. The van der Waals surface area contributed by atoms with E-state index < -0.39 is 0 Å². The van der Waals surface area contributed by atoms with Gasteiger partial charge in [-0.3, -0.25) is 0 Å². The van der Waals surface area contributed by atoms with Crippen molar-refractivity contribution < 1.29 is 0 Å². The SMILES string of the molecule is C=C=C(CBr)c1ccccc1. The Balaban J connectivity index is 3.02. The lowest BCUT2D eigenvalue weighted by atomic mass is 10.1. The number of hydrogen-bond acceptors (Lipinski definition) is 0. The molecule has 1 heteroatoms. The van der Waals surface area contributed by atoms with Gasteiger partial charge in [-0.25, -0.2) is 0 Å². The van der Waals surface area contributed by atoms with Crippen LogP contribution in [0.2, 0.25) is 0 Å². The molecule has 1 aromatic rings. The van der Waals surface area contributed by atoms with E-state index in [1.165, 1.54) is 5.56 Å². The first-order valence-corrected chi connectivity index (χ1v) is 4.51. The van der Waals surface area contributed by atoms with Crippen molar-refractivity contribution in [1.29, 1.82) is 0 Å². The number of halogens is 1. The summed E-state index contributed by atoms with van der Waals surface area (Å²) in [5.74, 6) is 0. The Labute approximate surface area is 75.4 Å². The Morgan fingerprint density at radius 1 is 1.36 bits per heavy atom. The summed E-state index contributed by atoms with van der Waals surface area (Å²) in [7, 11) is 0. The summed E-state index contributed by atoms with van der Waals surface area (Å²) in [4.78, 5) is 0. The van der Waals surface area contributed by atoms with Crippen LogP contribution in [0, 0.1) is 0 Å². The molecule has 0 heterocycles. The first-order valence-electron chi connectivity index (χ1n) is 3.39. The van der Waals surface area contributed by atoms with Crippen molar-refractivity contribution in [2.24, 2.45) is 0 Å². The van der Waals surface area contributed by atoms with Crippen LogP contribution >= 0.6 is 15.9 Å². The molecule has 0 N–H and O–H groups in total. The molecule has 0 atom stereocenters. The zero-order valence-electron chi connectivity index (χ0n) is 6.18. The van der Waals surface area contributed by atoms with Gasteiger partial charge in [-0.05, 0) is 5.56 Å². The average Bonchev–Trinajstić information content (AvgIpc) is 2.09.